The Kier molecular flexibility index (Phi) is 6.13. The fraction of sp³-hybridized carbons (Fsp3) is 0.933. The second-order valence-electron chi connectivity index (χ2n) is 6.33. The van der Waals surface area contributed by atoms with Crippen molar-refractivity contribution in [1.29, 1.82) is 0 Å². The van der Waals surface area contributed by atoms with E-state index in [2.05, 4.69) is 26.1 Å². The normalized spacial score (nSPS) is 21.4. The summed E-state index contributed by atoms with van der Waals surface area (Å²) in [6.07, 6.45) is 6.71. The zero-order valence-corrected chi connectivity index (χ0v) is 12.3. The van der Waals surface area contributed by atoms with Crippen LogP contribution in [0.2, 0.25) is 0 Å². The van der Waals surface area contributed by atoms with Gasteiger partial charge in [0, 0.05) is 13.1 Å². The molecule has 0 saturated heterocycles. The Bertz CT molecular complexity index is 255. The number of carbonyl (C=O) groups is 1. The van der Waals surface area contributed by atoms with Crippen molar-refractivity contribution in [2.24, 2.45) is 23.0 Å². The molecular formula is C15H30N2O. The molecule has 1 aliphatic rings. The van der Waals surface area contributed by atoms with Gasteiger partial charge in [-0.3, -0.25) is 4.79 Å². The fourth-order valence-corrected chi connectivity index (χ4v) is 2.61. The molecule has 1 aliphatic carbocycles. The first-order chi connectivity index (χ1) is 8.52. The van der Waals surface area contributed by atoms with Crippen LogP contribution < -0.4 is 11.1 Å². The molecule has 0 bridgehead atoms. The van der Waals surface area contributed by atoms with Crippen LogP contribution in [0.25, 0.3) is 0 Å². The molecule has 1 saturated carbocycles. The molecule has 18 heavy (non-hydrogen) atoms. The molecule has 1 atom stereocenters. The van der Waals surface area contributed by atoms with E-state index in [-0.39, 0.29) is 11.3 Å². The maximum absolute atomic E-state index is 12.4. The van der Waals surface area contributed by atoms with Gasteiger partial charge in [-0.05, 0) is 24.7 Å². The number of amides is 1. The minimum atomic E-state index is -0.285. The van der Waals surface area contributed by atoms with Crippen LogP contribution in [0.1, 0.15) is 59.3 Å². The van der Waals surface area contributed by atoms with Gasteiger partial charge in [-0.2, -0.15) is 0 Å². The fourth-order valence-electron chi connectivity index (χ4n) is 2.61. The lowest BCUT2D eigenvalue weighted by atomic mass is 9.79. The maximum Gasteiger partial charge on any atom is 0.227 e. The zero-order chi connectivity index (χ0) is 13.6. The summed E-state index contributed by atoms with van der Waals surface area (Å²) >= 11 is 0. The van der Waals surface area contributed by atoms with Gasteiger partial charge >= 0.3 is 0 Å². The summed E-state index contributed by atoms with van der Waals surface area (Å²) in [5, 5.41) is 3.13. The molecule has 1 unspecified atom stereocenters. The monoisotopic (exact) mass is 254 g/mol. The Morgan fingerprint density at radius 2 is 1.72 bits per heavy atom. The predicted octanol–water partition coefficient (Wildman–Crippen LogP) is 2.69. The molecular weight excluding hydrogens is 224 g/mol. The minimum absolute atomic E-state index is 0.194. The molecule has 106 valence electrons. The van der Waals surface area contributed by atoms with Gasteiger partial charge in [0.05, 0.1) is 5.41 Å². The number of carbonyl (C=O) groups excluding carboxylic acids is 1. The molecule has 1 rings (SSSR count). The maximum atomic E-state index is 12.4. The van der Waals surface area contributed by atoms with Gasteiger partial charge < -0.3 is 11.1 Å². The van der Waals surface area contributed by atoms with Gasteiger partial charge in [0.25, 0.3) is 0 Å². The number of hydrogen-bond donors (Lipinski definition) is 2. The molecule has 0 heterocycles. The lowest BCUT2D eigenvalue weighted by Crippen LogP contribution is -2.47. The molecule has 0 radical (unpaired) electrons. The smallest absolute Gasteiger partial charge is 0.227 e. The van der Waals surface area contributed by atoms with Crippen molar-refractivity contribution in [3.05, 3.63) is 0 Å². The second kappa shape index (κ2) is 7.13. The third-order valence-electron chi connectivity index (χ3n) is 4.66. The van der Waals surface area contributed by atoms with E-state index in [0.717, 1.165) is 32.2 Å². The van der Waals surface area contributed by atoms with Crippen molar-refractivity contribution in [3.63, 3.8) is 0 Å². The average molecular weight is 254 g/mol. The molecule has 0 aromatic carbocycles. The van der Waals surface area contributed by atoms with Gasteiger partial charge in [0.1, 0.15) is 0 Å². The van der Waals surface area contributed by atoms with Crippen LogP contribution in [0.15, 0.2) is 0 Å². The molecule has 3 N–H and O–H groups in total. The number of rotatable bonds is 5. The number of nitrogens with two attached hydrogens (primary N) is 1. The highest BCUT2D eigenvalue weighted by Gasteiger charge is 2.37. The third-order valence-corrected chi connectivity index (χ3v) is 4.66. The molecule has 0 aliphatic heterocycles. The molecule has 1 amide bonds. The molecule has 3 nitrogen and oxygen atoms in total. The van der Waals surface area contributed by atoms with Gasteiger partial charge in [0.2, 0.25) is 5.91 Å². The SMILES string of the molecule is CC(C)C(C)CNC(=O)C1(CN)CCCCCC1. The van der Waals surface area contributed by atoms with E-state index in [1.54, 1.807) is 0 Å². The van der Waals surface area contributed by atoms with Crippen LogP contribution in [0, 0.1) is 17.3 Å². The third kappa shape index (κ3) is 3.98. The van der Waals surface area contributed by atoms with E-state index in [1.165, 1.54) is 12.8 Å². The van der Waals surface area contributed by atoms with E-state index < -0.39 is 0 Å². The lowest BCUT2D eigenvalue weighted by molar-refractivity contribution is -0.131. The van der Waals surface area contributed by atoms with Gasteiger partial charge in [-0.15, -0.1) is 0 Å². The molecule has 0 spiro atoms. The summed E-state index contributed by atoms with van der Waals surface area (Å²) < 4.78 is 0. The Morgan fingerprint density at radius 1 is 1.17 bits per heavy atom. The number of nitrogens with one attached hydrogen (secondary N) is 1. The molecule has 0 aromatic heterocycles. The largest absolute Gasteiger partial charge is 0.355 e. The summed E-state index contributed by atoms with van der Waals surface area (Å²) in [7, 11) is 0. The quantitative estimate of drug-likeness (QED) is 0.741. The Balaban J connectivity index is 2.55. The van der Waals surface area contributed by atoms with Crippen molar-refractivity contribution >= 4 is 5.91 Å². The first-order valence-corrected chi connectivity index (χ1v) is 7.50. The van der Waals surface area contributed by atoms with Crippen LogP contribution in [-0.2, 0) is 4.79 Å². The lowest BCUT2D eigenvalue weighted by Gasteiger charge is -2.30. The highest BCUT2D eigenvalue weighted by atomic mass is 16.2. The first-order valence-electron chi connectivity index (χ1n) is 7.50. The van der Waals surface area contributed by atoms with Gasteiger partial charge in [-0.1, -0.05) is 46.5 Å². The minimum Gasteiger partial charge on any atom is -0.355 e. The molecule has 3 heteroatoms. The van der Waals surface area contributed by atoms with Crippen LogP contribution in [-0.4, -0.2) is 19.0 Å². The topological polar surface area (TPSA) is 55.1 Å². The highest BCUT2D eigenvalue weighted by Crippen LogP contribution is 2.34. The zero-order valence-electron chi connectivity index (χ0n) is 12.3. The van der Waals surface area contributed by atoms with E-state index in [9.17, 15) is 4.79 Å². The summed E-state index contributed by atoms with van der Waals surface area (Å²) in [5.41, 5.74) is 5.63. The summed E-state index contributed by atoms with van der Waals surface area (Å²) in [5.74, 6) is 1.32. The Hall–Kier alpha value is -0.570. The van der Waals surface area contributed by atoms with E-state index in [0.29, 0.717) is 18.4 Å². The predicted molar refractivity (Wildman–Crippen MR) is 76.2 cm³/mol. The van der Waals surface area contributed by atoms with Gasteiger partial charge in [-0.25, -0.2) is 0 Å². The van der Waals surface area contributed by atoms with Crippen molar-refractivity contribution in [3.8, 4) is 0 Å². The van der Waals surface area contributed by atoms with Crippen molar-refractivity contribution in [1.82, 2.24) is 5.32 Å². The molecule has 0 aromatic rings. The summed E-state index contributed by atoms with van der Waals surface area (Å²) in [4.78, 5) is 12.4. The van der Waals surface area contributed by atoms with Crippen LogP contribution in [0.4, 0.5) is 0 Å². The average Bonchev–Trinajstić information content (AvgIpc) is 2.61. The molecule has 1 fully saturated rings. The van der Waals surface area contributed by atoms with Crippen LogP contribution in [0.5, 0.6) is 0 Å². The van der Waals surface area contributed by atoms with E-state index >= 15 is 0 Å². The number of hydrogen-bond acceptors (Lipinski definition) is 2. The van der Waals surface area contributed by atoms with Crippen molar-refractivity contribution in [2.75, 3.05) is 13.1 Å². The first kappa shape index (κ1) is 15.5. The van der Waals surface area contributed by atoms with Gasteiger partial charge in [0.15, 0.2) is 0 Å². The van der Waals surface area contributed by atoms with E-state index in [4.69, 9.17) is 5.73 Å². The Morgan fingerprint density at radius 3 is 2.17 bits per heavy atom. The Labute approximate surface area is 112 Å². The standard InChI is InChI=1S/C15H30N2O/c1-12(2)13(3)10-17-14(18)15(11-16)8-6-4-5-7-9-15/h12-13H,4-11,16H2,1-3H3,(H,17,18). The van der Waals surface area contributed by atoms with Crippen LogP contribution in [0.3, 0.4) is 0 Å². The van der Waals surface area contributed by atoms with Crippen molar-refractivity contribution < 1.29 is 4.79 Å². The van der Waals surface area contributed by atoms with Crippen molar-refractivity contribution in [2.45, 2.75) is 59.3 Å². The van der Waals surface area contributed by atoms with E-state index in [1.807, 2.05) is 0 Å². The highest BCUT2D eigenvalue weighted by molar-refractivity contribution is 5.82. The van der Waals surface area contributed by atoms with Crippen LogP contribution >= 0.6 is 0 Å². The summed E-state index contributed by atoms with van der Waals surface area (Å²) in [6, 6.07) is 0. The second-order valence-corrected chi connectivity index (χ2v) is 6.33. The summed E-state index contributed by atoms with van der Waals surface area (Å²) in [6.45, 7) is 7.85.